The van der Waals surface area contributed by atoms with Crippen LogP contribution in [-0.4, -0.2) is 15.9 Å². The molecule has 0 radical (unpaired) electrons. The van der Waals surface area contributed by atoms with Gasteiger partial charge in [0.15, 0.2) is 0 Å². The molecule has 6 heteroatoms. The highest BCUT2D eigenvalue weighted by atomic mass is 35.5. The Labute approximate surface area is 95.3 Å². The first-order chi connectivity index (χ1) is 7.27. The van der Waals surface area contributed by atoms with Crippen LogP contribution in [0.15, 0.2) is 23.8 Å². The third-order valence-electron chi connectivity index (χ3n) is 1.79. The number of amides is 1. The lowest BCUT2D eigenvalue weighted by atomic mass is 10.4. The number of imidazole rings is 1. The zero-order valence-electron chi connectivity index (χ0n) is 7.66. The minimum Gasteiger partial charge on any atom is -0.347 e. The van der Waals surface area contributed by atoms with Crippen molar-refractivity contribution in [2.75, 3.05) is 0 Å². The maximum absolute atomic E-state index is 11.6. The van der Waals surface area contributed by atoms with Crippen LogP contribution in [0.1, 0.15) is 15.5 Å². The van der Waals surface area contributed by atoms with E-state index in [2.05, 4.69) is 15.3 Å². The molecule has 0 aliphatic rings. The molecular formula is C9H8ClN3OS. The van der Waals surface area contributed by atoms with Crippen molar-refractivity contribution in [1.82, 2.24) is 15.3 Å². The van der Waals surface area contributed by atoms with Gasteiger partial charge in [-0.2, -0.15) is 0 Å². The molecule has 4 nitrogen and oxygen atoms in total. The summed E-state index contributed by atoms with van der Waals surface area (Å²) in [6, 6.07) is 1.70. The topological polar surface area (TPSA) is 57.8 Å². The smallest absolute Gasteiger partial charge is 0.263 e. The molecule has 0 aliphatic heterocycles. The van der Waals surface area contributed by atoms with Crippen LogP contribution in [0.3, 0.4) is 0 Å². The Morgan fingerprint density at radius 3 is 3.13 bits per heavy atom. The van der Waals surface area contributed by atoms with Crippen LogP contribution in [0.5, 0.6) is 0 Å². The first-order valence-electron chi connectivity index (χ1n) is 4.27. The number of carbonyl (C=O) groups is 1. The Balaban J connectivity index is 1.96. The lowest BCUT2D eigenvalue weighted by molar-refractivity contribution is 0.0954. The lowest BCUT2D eigenvalue weighted by Crippen LogP contribution is -2.22. The average molecular weight is 242 g/mol. The number of halogens is 1. The van der Waals surface area contributed by atoms with Gasteiger partial charge in [0.2, 0.25) is 0 Å². The molecule has 2 heterocycles. The summed E-state index contributed by atoms with van der Waals surface area (Å²) in [4.78, 5) is 19.0. The van der Waals surface area contributed by atoms with Crippen LogP contribution in [-0.2, 0) is 6.54 Å². The highest BCUT2D eigenvalue weighted by molar-refractivity contribution is 7.12. The fourth-order valence-corrected chi connectivity index (χ4v) is 2.15. The van der Waals surface area contributed by atoms with E-state index in [9.17, 15) is 4.79 Å². The van der Waals surface area contributed by atoms with Gasteiger partial charge in [0.1, 0.15) is 10.7 Å². The summed E-state index contributed by atoms with van der Waals surface area (Å²) in [6.07, 6.45) is 3.35. The third-order valence-corrected chi connectivity index (χ3v) is 3.13. The van der Waals surface area contributed by atoms with E-state index in [1.807, 2.05) is 0 Å². The molecule has 0 saturated heterocycles. The second kappa shape index (κ2) is 4.46. The van der Waals surface area contributed by atoms with Gasteiger partial charge >= 0.3 is 0 Å². The first-order valence-corrected chi connectivity index (χ1v) is 5.52. The molecule has 0 spiro atoms. The van der Waals surface area contributed by atoms with Crippen LogP contribution < -0.4 is 5.32 Å². The summed E-state index contributed by atoms with van der Waals surface area (Å²) in [5, 5.41) is 4.99. The number of aromatic amines is 1. The Morgan fingerprint density at radius 1 is 1.67 bits per heavy atom. The van der Waals surface area contributed by atoms with Crippen molar-refractivity contribution in [3.05, 3.63) is 39.6 Å². The van der Waals surface area contributed by atoms with Gasteiger partial charge in [-0.25, -0.2) is 4.98 Å². The van der Waals surface area contributed by atoms with E-state index in [1.54, 1.807) is 23.8 Å². The SMILES string of the molecule is O=C(NCc1ncc[nH]1)c1sccc1Cl. The lowest BCUT2D eigenvalue weighted by Gasteiger charge is -2.00. The standard InChI is InChI=1S/C9H8ClN3OS/c10-6-1-4-15-8(6)9(14)13-5-7-11-2-3-12-7/h1-4H,5H2,(H,11,12)(H,13,14). The van der Waals surface area contributed by atoms with Crippen molar-refractivity contribution < 1.29 is 4.79 Å². The van der Waals surface area contributed by atoms with Crippen molar-refractivity contribution in [3.63, 3.8) is 0 Å². The van der Waals surface area contributed by atoms with Gasteiger partial charge in [-0.05, 0) is 11.4 Å². The van der Waals surface area contributed by atoms with Crippen molar-refractivity contribution in [2.45, 2.75) is 6.54 Å². The predicted molar refractivity (Wildman–Crippen MR) is 59.1 cm³/mol. The van der Waals surface area contributed by atoms with Crippen LogP contribution in [0.4, 0.5) is 0 Å². The Bertz CT molecular complexity index is 452. The monoisotopic (exact) mass is 241 g/mol. The van der Waals surface area contributed by atoms with Gasteiger partial charge in [-0.1, -0.05) is 11.6 Å². The quantitative estimate of drug-likeness (QED) is 0.864. The van der Waals surface area contributed by atoms with Crippen LogP contribution in [0.2, 0.25) is 5.02 Å². The molecule has 0 aromatic carbocycles. The first kappa shape index (κ1) is 10.2. The summed E-state index contributed by atoms with van der Waals surface area (Å²) in [5.41, 5.74) is 0. The number of nitrogens with one attached hydrogen (secondary N) is 2. The van der Waals surface area contributed by atoms with Gasteiger partial charge in [0, 0.05) is 12.4 Å². The fourth-order valence-electron chi connectivity index (χ4n) is 1.09. The molecular weight excluding hydrogens is 234 g/mol. The van der Waals surface area contributed by atoms with Crippen molar-refractivity contribution >= 4 is 28.8 Å². The molecule has 2 rings (SSSR count). The molecule has 0 atom stereocenters. The van der Waals surface area contributed by atoms with Gasteiger partial charge in [0.05, 0.1) is 11.6 Å². The average Bonchev–Trinajstić information content (AvgIpc) is 2.84. The van der Waals surface area contributed by atoms with E-state index in [-0.39, 0.29) is 5.91 Å². The van der Waals surface area contributed by atoms with Gasteiger partial charge in [-0.15, -0.1) is 11.3 Å². The van der Waals surface area contributed by atoms with E-state index in [1.165, 1.54) is 11.3 Å². The minimum absolute atomic E-state index is 0.175. The van der Waals surface area contributed by atoms with E-state index in [0.717, 1.165) is 5.82 Å². The molecule has 2 aromatic heterocycles. The maximum Gasteiger partial charge on any atom is 0.263 e. The second-order valence-electron chi connectivity index (χ2n) is 2.82. The summed E-state index contributed by atoms with van der Waals surface area (Å²) in [5.74, 6) is 0.544. The number of carbonyl (C=O) groups excluding carboxylic acids is 1. The summed E-state index contributed by atoms with van der Waals surface area (Å²) >= 11 is 7.14. The number of hydrogen-bond acceptors (Lipinski definition) is 3. The van der Waals surface area contributed by atoms with E-state index >= 15 is 0 Å². The molecule has 0 aliphatic carbocycles. The molecule has 2 aromatic rings. The molecule has 0 unspecified atom stereocenters. The van der Waals surface area contributed by atoms with Crippen LogP contribution >= 0.6 is 22.9 Å². The number of aromatic nitrogens is 2. The summed E-state index contributed by atoms with van der Waals surface area (Å²) in [6.45, 7) is 0.375. The highest BCUT2D eigenvalue weighted by Crippen LogP contribution is 2.21. The maximum atomic E-state index is 11.6. The highest BCUT2D eigenvalue weighted by Gasteiger charge is 2.11. The fraction of sp³-hybridized carbons (Fsp3) is 0.111. The van der Waals surface area contributed by atoms with Crippen LogP contribution in [0, 0.1) is 0 Å². The van der Waals surface area contributed by atoms with E-state index < -0.39 is 0 Å². The normalized spacial score (nSPS) is 10.2. The zero-order valence-corrected chi connectivity index (χ0v) is 9.23. The molecule has 0 saturated carbocycles. The Hall–Kier alpha value is -1.33. The zero-order chi connectivity index (χ0) is 10.7. The molecule has 2 N–H and O–H groups in total. The van der Waals surface area contributed by atoms with E-state index in [0.29, 0.717) is 16.4 Å². The number of nitrogens with zero attached hydrogens (tertiary/aromatic N) is 1. The minimum atomic E-state index is -0.175. The molecule has 1 amide bonds. The Morgan fingerprint density at radius 2 is 2.53 bits per heavy atom. The molecule has 0 bridgehead atoms. The molecule has 78 valence electrons. The van der Waals surface area contributed by atoms with Gasteiger partial charge in [-0.3, -0.25) is 4.79 Å². The largest absolute Gasteiger partial charge is 0.347 e. The van der Waals surface area contributed by atoms with Crippen molar-refractivity contribution in [1.29, 1.82) is 0 Å². The third kappa shape index (κ3) is 2.37. The van der Waals surface area contributed by atoms with Gasteiger partial charge < -0.3 is 10.3 Å². The molecule has 0 fully saturated rings. The predicted octanol–water partition coefficient (Wildman–Crippen LogP) is 2.05. The summed E-state index contributed by atoms with van der Waals surface area (Å²) in [7, 11) is 0. The van der Waals surface area contributed by atoms with E-state index in [4.69, 9.17) is 11.6 Å². The Kier molecular flexibility index (Phi) is 3.03. The molecule has 15 heavy (non-hydrogen) atoms. The van der Waals surface area contributed by atoms with Crippen LogP contribution in [0.25, 0.3) is 0 Å². The second-order valence-corrected chi connectivity index (χ2v) is 4.14. The summed E-state index contributed by atoms with van der Waals surface area (Å²) < 4.78 is 0. The number of rotatable bonds is 3. The van der Waals surface area contributed by atoms with Crippen molar-refractivity contribution in [2.24, 2.45) is 0 Å². The number of hydrogen-bond donors (Lipinski definition) is 2. The number of thiophene rings is 1. The number of H-pyrrole nitrogens is 1. The van der Waals surface area contributed by atoms with Crippen molar-refractivity contribution in [3.8, 4) is 0 Å². The van der Waals surface area contributed by atoms with Gasteiger partial charge in [0.25, 0.3) is 5.91 Å².